The van der Waals surface area contributed by atoms with Gasteiger partial charge in [-0.2, -0.15) is 5.01 Å². The first-order valence-corrected chi connectivity index (χ1v) is 15.5. The Morgan fingerprint density at radius 3 is 1.89 bits per heavy atom. The van der Waals surface area contributed by atoms with Crippen molar-refractivity contribution in [3.05, 3.63) is 104 Å². The van der Waals surface area contributed by atoms with Gasteiger partial charge < -0.3 is 9.15 Å². The largest absolute Gasteiger partial charge is 0.457 e. The Morgan fingerprint density at radius 1 is 0.872 bits per heavy atom. The van der Waals surface area contributed by atoms with Crippen LogP contribution in [-0.2, 0) is 9.59 Å². The van der Waals surface area contributed by atoms with Crippen LogP contribution in [-0.4, -0.2) is 65.0 Å². The number of furan rings is 1. The van der Waals surface area contributed by atoms with Crippen LogP contribution in [0.5, 0.6) is 5.75 Å². The Labute approximate surface area is 293 Å². The van der Waals surface area contributed by atoms with Crippen molar-refractivity contribution >= 4 is 105 Å². The van der Waals surface area contributed by atoms with Crippen LogP contribution in [0.2, 0.25) is 0 Å². The van der Waals surface area contributed by atoms with Gasteiger partial charge in [0.15, 0.2) is 10.1 Å². The van der Waals surface area contributed by atoms with Gasteiger partial charge in [-0.1, -0.05) is 46.4 Å². The van der Waals surface area contributed by atoms with Crippen molar-refractivity contribution in [2.75, 3.05) is 6.54 Å². The van der Waals surface area contributed by atoms with Crippen molar-refractivity contribution in [1.29, 1.82) is 0 Å². The van der Waals surface area contributed by atoms with Gasteiger partial charge in [0.05, 0.1) is 33.1 Å². The molecule has 2 fully saturated rings. The van der Waals surface area contributed by atoms with Crippen molar-refractivity contribution in [3.63, 3.8) is 0 Å². The van der Waals surface area contributed by atoms with Gasteiger partial charge in [0.2, 0.25) is 5.76 Å². The highest BCUT2D eigenvalue weighted by Gasteiger charge is 2.88. The number of ether oxygens (including phenoxy) is 1. The van der Waals surface area contributed by atoms with Crippen molar-refractivity contribution in [2.24, 2.45) is 11.8 Å². The second kappa shape index (κ2) is 11.5. The van der Waals surface area contributed by atoms with Crippen LogP contribution in [0, 0.1) is 22.0 Å². The number of hydrogen-bond donors (Lipinski definition) is 0. The van der Waals surface area contributed by atoms with Crippen molar-refractivity contribution in [1.82, 2.24) is 10.0 Å². The number of imide groups is 1. The lowest BCUT2D eigenvalue weighted by Gasteiger charge is -2.36. The highest BCUT2D eigenvalue weighted by molar-refractivity contribution is 6.66. The summed E-state index contributed by atoms with van der Waals surface area (Å²) in [5, 5.41) is 11.4. The number of nitro groups is 1. The molecule has 3 aromatic rings. The van der Waals surface area contributed by atoms with E-state index in [0.29, 0.717) is 10.0 Å². The first kappa shape index (κ1) is 33.3. The summed E-state index contributed by atoms with van der Waals surface area (Å²) in [6, 6.07) is 12.3. The molecule has 0 radical (unpaired) electrons. The second-order valence-corrected chi connectivity index (χ2v) is 13.8. The molecule has 1 aliphatic heterocycles. The minimum Gasteiger partial charge on any atom is -0.457 e. The average molecular weight is 762 g/mol. The van der Waals surface area contributed by atoms with E-state index in [4.69, 9.17) is 78.8 Å². The number of rotatable bonds is 8. The molecule has 1 saturated heterocycles. The van der Waals surface area contributed by atoms with Crippen molar-refractivity contribution in [2.45, 2.75) is 14.1 Å². The van der Waals surface area contributed by atoms with Gasteiger partial charge in [0.25, 0.3) is 23.4 Å². The predicted octanol–water partition coefficient (Wildman–Crippen LogP) is 6.09. The number of amides is 3. The van der Waals surface area contributed by atoms with Crippen molar-refractivity contribution in [3.8, 4) is 5.75 Å². The Morgan fingerprint density at radius 2 is 1.40 bits per heavy atom. The van der Waals surface area contributed by atoms with Crippen LogP contribution < -0.4 is 4.74 Å². The molecule has 18 heteroatoms. The third-order valence-electron chi connectivity index (χ3n) is 8.09. The van der Waals surface area contributed by atoms with Gasteiger partial charge in [-0.3, -0.25) is 29.3 Å². The number of non-ortho nitro benzene ring substituents is 1. The Kier molecular flexibility index (Phi) is 8.14. The summed E-state index contributed by atoms with van der Waals surface area (Å²) in [4.78, 5) is 73.8. The maximum absolute atomic E-state index is 14.0. The van der Waals surface area contributed by atoms with E-state index in [2.05, 4.69) is 0 Å². The summed E-state index contributed by atoms with van der Waals surface area (Å²) >= 11 is 39.4. The van der Waals surface area contributed by atoms with Gasteiger partial charge >= 0.3 is 5.97 Å². The van der Waals surface area contributed by atoms with E-state index < -0.39 is 66.9 Å². The van der Waals surface area contributed by atoms with Crippen LogP contribution >= 0.6 is 69.6 Å². The Bertz CT molecular complexity index is 1870. The lowest BCUT2D eigenvalue weighted by Crippen LogP contribution is -2.56. The summed E-state index contributed by atoms with van der Waals surface area (Å²) in [6.45, 7) is -0.898. The third-order valence-corrected chi connectivity index (χ3v) is 12.3. The number of carbonyl (C=O) groups is 5. The van der Waals surface area contributed by atoms with E-state index in [-0.39, 0.29) is 38.4 Å². The van der Waals surface area contributed by atoms with Crippen LogP contribution in [0.25, 0.3) is 0 Å². The number of alkyl halides is 4. The topological polar surface area (TPSA) is 157 Å². The number of fused-ring (bicyclic) bond motifs is 5. The minimum atomic E-state index is -2.24. The molecule has 2 heterocycles. The number of esters is 1. The molecule has 0 unspecified atom stereocenters. The molecule has 3 aliphatic rings. The number of halogens is 6. The Balaban J connectivity index is 1.34. The molecule has 2 aliphatic carbocycles. The summed E-state index contributed by atoms with van der Waals surface area (Å²) in [7, 11) is 0. The SMILES string of the molecule is O=C(CN(C(=O)c1ccc([N+](=O)[O-])cc1)N1C(=O)[C@@H]2[C@H](C1=O)[C@@]1(Cl)C(Cl)=C(Cl)[C@@]2(Cl)C1(Cl)Cl)c1ccc(OC(=O)c2ccco2)cc1. The molecule has 0 spiro atoms. The number of nitrogens with zero attached hydrogens (tertiary/aromatic N) is 3. The molecule has 1 aromatic heterocycles. The van der Waals surface area contributed by atoms with Gasteiger partial charge in [0.1, 0.15) is 22.0 Å². The van der Waals surface area contributed by atoms with Gasteiger partial charge in [0, 0.05) is 23.3 Å². The molecule has 1 saturated carbocycles. The summed E-state index contributed by atoms with van der Waals surface area (Å²) in [6.07, 6.45) is 1.29. The van der Waals surface area contributed by atoms with E-state index in [1.165, 1.54) is 42.7 Å². The highest BCUT2D eigenvalue weighted by atomic mass is 35.5. The lowest BCUT2D eigenvalue weighted by molar-refractivity contribution is -0.384. The number of nitro benzene ring substituents is 1. The number of Topliss-reactive ketones (excluding diaryl/α,β-unsaturated/α-hetero) is 1. The van der Waals surface area contributed by atoms with Gasteiger partial charge in [-0.25, -0.2) is 9.80 Å². The second-order valence-electron chi connectivity index (χ2n) is 10.6. The molecular weight excluding hydrogens is 747 g/mol. The fourth-order valence-corrected chi connectivity index (χ4v) is 8.74. The molecule has 0 N–H and O–H groups in total. The predicted molar refractivity (Wildman–Crippen MR) is 168 cm³/mol. The molecular formula is C29H15Cl6N3O9. The fourth-order valence-electron chi connectivity index (χ4n) is 5.81. The minimum absolute atomic E-state index is 0.0143. The zero-order valence-electron chi connectivity index (χ0n) is 23.0. The molecule has 2 aromatic carbocycles. The average Bonchev–Trinajstić information content (AvgIpc) is 3.73. The van der Waals surface area contributed by atoms with E-state index in [1.54, 1.807) is 0 Å². The van der Waals surface area contributed by atoms with Crippen LogP contribution in [0.15, 0.2) is 81.4 Å². The molecule has 47 heavy (non-hydrogen) atoms. The number of allylic oxidation sites excluding steroid dienone is 2. The van der Waals surface area contributed by atoms with E-state index in [0.717, 1.165) is 24.3 Å². The van der Waals surface area contributed by atoms with Crippen LogP contribution in [0.4, 0.5) is 5.69 Å². The number of benzene rings is 2. The molecule has 6 rings (SSSR count). The highest BCUT2D eigenvalue weighted by Crippen LogP contribution is 2.77. The molecule has 242 valence electrons. The van der Waals surface area contributed by atoms with E-state index in [1.807, 2.05) is 0 Å². The lowest BCUT2D eigenvalue weighted by atomic mass is 9.84. The summed E-state index contributed by atoms with van der Waals surface area (Å²) in [5.74, 6) is -8.05. The zero-order valence-corrected chi connectivity index (χ0v) is 27.5. The molecule has 2 bridgehead atoms. The smallest absolute Gasteiger partial charge is 0.379 e. The first-order valence-electron chi connectivity index (χ1n) is 13.2. The fraction of sp³-hybridized carbons (Fsp3) is 0.207. The van der Waals surface area contributed by atoms with E-state index in [9.17, 15) is 34.1 Å². The summed E-state index contributed by atoms with van der Waals surface area (Å²) < 4.78 is 7.95. The third kappa shape index (κ3) is 4.68. The van der Waals surface area contributed by atoms with Gasteiger partial charge in [-0.05, 0) is 48.5 Å². The Hall–Kier alpha value is -3.65. The number of carbonyl (C=O) groups excluding carboxylic acids is 5. The first-order chi connectivity index (χ1) is 22.1. The monoisotopic (exact) mass is 759 g/mol. The van der Waals surface area contributed by atoms with Crippen molar-refractivity contribution < 1.29 is 38.1 Å². The normalized spacial score (nSPS) is 25.6. The maximum Gasteiger partial charge on any atom is 0.379 e. The quantitative estimate of drug-likeness (QED) is 0.0504. The maximum atomic E-state index is 14.0. The van der Waals surface area contributed by atoms with Crippen LogP contribution in [0.3, 0.4) is 0 Å². The standard InChI is InChI=1S/C29H15Cl6N3O9/c30-21-22(31)28(33)20-19(27(21,32)29(28,34)35)24(41)37(25(20)42)36(23(40)14-3-7-15(8-4-14)38(44)45)12-17(39)13-5-9-16(10-6-13)47-26(43)18-2-1-11-46-18/h1-11,19-20H,12H2/t19-,20+,27-,28-/m1/s1. The molecule has 4 atom stereocenters. The molecule has 12 nitrogen and oxygen atoms in total. The molecule has 3 amide bonds. The van der Waals surface area contributed by atoms with E-state index >= 15 is 0 Å². The van der Waals surface area contributed by atoms with Gasteiger partial charge in [-0.15, -0.1) is 23.2 Å². The number of ketones is 1. The number of hydrogen-bond acceptors (Lipinski definition) is 9. The summed E-state index contributed by atoms with van der Waals surface area (Å²) in [5.41, 5.74) is -0.580. The zero-order chi connectivity index (χ0) is 34.2. The van der Waals surface area contributed by atoms with Crippen LogP contribution in [0.1, 0.15) is 31.3 Å². The number of hydrazine groups is 1.